The van der Waals surface area contributed by atoms with Crippen LogP contribution in [0.3, 0.4) is 0 Å². The Hall–Kier alpha value is -2.24. The van der Waals surface area contributed by atoms with Crippen LogP contribution in [0.4, 0.5) is 4.39 Å². The minimum Gasteiger partial charge on any atom is -0.375 e. The molecule has 0 spiro atoms. The van der Waals surface area contributed by atoms with Gasteiger partial charge in [-0.3, -0.25) is 9.69 Å². The van der Waals surface area contributed by atoms with Gasteiger partial charge in [-0.15, -0.1) is 0 Å². The summed E-state index contributed by atoms with van der Waals surface area (Å²) in [6.45, 7) is 4.11. The first kappa shape index (κ1) is 18.5. The lowest BCUT2D eigenvalue weighted by atomic mass is 9.97. The Morgan fingerprint density at radius 1 is 1.19 bits per heavy atom. The van der Waals surface area contributed by atoms with Crippen molar-refractivity contribution in [2.24, 2.45) is 0 Å². The van der Waals surface area contributed by atoms with Crippen molar-refractivity contribution >= 4 is 5.91 Å². The molecule has 0 unspecified atom stereocenters. The van der Waals surface area contributed by atoms with Crippen molar-refractivity contribution in [2.75, 3.05) is 33.3 Å². The van der Waals surface area contributed by atoms with Gasteiger partial charge in [-0.25, -0.2) is 4.39 Å². The number of benzene rings is 2. The molecule has 1 heterocycles. The third kappa shape index (κ3) is 4.48. The Balaban J connectivity index is 1.80. The molecule has 2 aromatic carbocycles. The van der Waals surface area contributed by atoms with Gasteiger partial charge in [0.25, 0.3) is 0 Å². The summed E-state index contributed by atoms with van der Waals surface area (Å²) in [5.74, 6) is -0.174. The Bertz CT molecular complexity index is 721. The first-order chi connectivity index (χ1) is 12.5. The Labute approximate surface area is 154 Å². The Morgan fingerprint density at radius 2 is 1.85 bits per heavy atom. The molecule has 0 saturated carbocycles. The molecule has 2 aromatic rings. The fourth-order valence-corrected chi connectivity index (χ4v) is 3.43. The zero-order valence-electron chi connectivity index (χ0n) is 15.3. The topological polar surface area (TPSA) is 32.8 Å². The molecule has 1 fully saturated rings. The van der Waals surface area contributed by atoms with Crippen molar-refractivity contribution in [3.8, 4) is 0 Å². The molecular formula is C21H25FN2O2. The van der Waals surface area contributed by atoms with Gasteiger partial charge in [0, 0.05) is 13.1 Å². The van der Waals surface area contributed by atoms with Crippen LogP contribution in [0.2, 0.25) is 0 Å². The summed E-state index contributed by atoms with van der Waals surface area (Å²) in [5, 5.41) is 0. The number of halogens is 1. The highest BCUT2D eigenvalue weighted by Crippen LogP contribution is 2.27. The second kappa shape index (κ2) is 8.43. The molecule has 0 aliphatic carbocycles. The van der Waals surface area contributed by atoms with Crippen LogP contribution in [0.15, 0.2) is 54.6 Å². The van der Waals surface area contributed by atoms with Crippen molar-refractivity contribution < 1.29 is 13.9 Å². The number of morpholine rings is 1. The average Bonchev–Trinajstić information content (AvgIpc) is 2.64. The lowest BCUT2D eigenvalue weighted by Gasteiger charge is -2.34. The van der Waals surface area contributed by atoms with Crippen LogP contribution < -0.4 is 0 Å². The second-order valence-corrected chi connectivity index (χ2v) is 6.80. The molecule has 0 aromatic heterocycles. The number of likely N-dealkylation sites (N-methyl/N-ethyl adjacent to an activating group) is 1. The predicted octanol–water partition coefficient (Wildman–Crippen LogP) is 3.09. The summed E-state index contributed by atoms with van der Waals surface area (Å²) in [7, 11) is 1.93. The Morgan fingerprint density at radius 3 is 2.50 bits per heavy atom. The van der Waals surface area contributed by atoms with E-state index in [1.54, 1.807) is 12.1 Å². The Kier molecular flexibility index (Phi) is 6.01. The number of hydrogen-bond acceptors (Lipinski definition) is 3. The van der Waals surface area contributed by atoms with Crippen molar-refractivity contribution in [3.63, 3.8) is 0 Å². The van der Waals surface area contributed by atoms with Gasteiger partial charge in [0.05, 0.1) is 25.3 Å². The zero-order chi connectivity index (χ0) is 18.5. The third-order valence-corrected chi connectivity index (χ3v) is 4.72. The van der Waals surface area contributed by atoms with E-state index < -0.39 is 0 Å². The molecule has 5 heteroatoms. The highest BCUT2D eigenvalue weighted by atomic mass is 19.1. The molecule has 3 rings (SSSR count). The van der Waals surface area contributed by atoms with E-state index in [1.165, 1.54) is 12.1 Å². The normalized spacial score (nSPS) is 18.8. The van der Waals surface area contributed by atoms with Gasteiger partial charge in [0.15, 0.2) is 0 Å². The molecule has 0 N–H and O–H groups in total. The SMILES string of the molecule is C[C@@H]1CN(C(=O)CN(C)[C@H](c2ccccc2)c2ccc(F)cc2)CCO1. The summed E-state index contributed by atoms with van der Waals surface area (Å²) in [5.41, 5.74) is 2.04. The van der Waals surface area contributed by atoms with Crippen LogP contribution in [0.5, 0.6) is 0 Å². The molecule has 138 valence electrons. The molecular weight excluding hydrogens is 331 g/mol. The van der Waals surface area contributed by atoms with Crippen molar-refractivity contribution in [1.29, 1.82) is 0 Å². The predicted molar refractivity (Wildman–Crippen MR) is 99.3 cm³/mol. The summed E-state index contributed by atoms with van der Waals surface area (Å²) in [6, 6.07) is 16.4. The molecule has 0 radical (unpaired) electrons. The van der Waals surface area contributed by atoms with Gasteiger partial charge in [-0.2, -0.15) is 0 Å². The first-order valence-corrected chi connectivity index (χ1v) is 8.94. The smallest absolute Gasteiger partial charge is 0.236 e. The van der Waals surface area contributed by atoms with Gasteiger partial charge < -0.3 is 9.64 Å². The molecule has 4 nitrogen and oxygen atoms in total. The molecule has 0 bridgehead atoms. The maximum atomic E-state index is 13.4. The summed E-state index contributed by atoms with van der Waals surface area (Å²) in [6.07, 6.45) is 0.0695. The largest absolute Gasteiger partial charge is 0.375 e. The second-order valence-electron chi connectivity index (χ2n) is 6.80. The standard InChI is InChI=1S/C21H25FN2O2/c1-16-14-24(12-13-26-16)20(25)15-23(2)21(17-6-4-3-5-7-17)18-8-10-19(22)11-9-18/h3-11,16,21H,12-15H2,1-2H3/t16-,21-/m1/s1. The number of amides is 1. The summed E-state index contributed by atoms with van der Waals surface area (Å²) in [4.78, 5) is 16.6. The van der Waals surface area contributed by atoms with E-state index in [-0.39, 0.29) is 23.9 Å². The van der Waals surface area contributed by atoms with Gasteiger partial charge in [-0.05, 0) is 37.2 Å². The monoisotopic (exact) mass is 356 g/mol. The number of carbonyl (C=O) groups excluding carboxylic acids is 1. The number of carbonyl (C=O) groups is 1. The average molecular weight is 356 g/mol. The molecule has 1 saturated heterocycles. The number of hydrogen-bond donors (Lipinski definition) is 0. The first-order valence-electron chi connectivity index (χ1n) is 8.94. The highest BCUT2D eigenvalue weighted by molar-refractivity contribution is 5.78. The van der Waals surface area contributed by atoms with Crippen molar-refractivity contribution in [2.45, 2.75) is 19.1 Å². The highest BCUT2D eigenvalue weighted by Gasteiger charge is 2.26. The fraction of sp³-hybridized carbons (Fsp3) is 0.381. The minimum absolute atomic E-state index is 0.0695. The van der Waals surface area contributed by atoms with E-state index in [0.717, 1.165) is 11.1 Å². The van der Waals surface area contributed by atoms with Crippen LogP contribution in [-0.2, 0) is 9.53 Å². The van der Waals surface area contributed by atoms with E-state index in [1.807, 2.05) is 54.1 Å². The number of nitrogens with zero attached hydrogens (tertiary/aromatic N) is 2. The molecule has 1 amide bonds. The third-order valence-electron chi connectivity index (χ3n) is 4.72. The lowest BCUT2D eigenvalue weighted by Crippen LogP contribution is -2.48. The van der Waals surface area contributed by atoms with Crippen molar-refractivity contribution in [1.82, 2.24) is 9.80 Å². The van der Waals surface area contributed by atoms with Gasteiger partial charge in [0.2, 0.25) is 5.91 Å². The molecule has 1 aliphatic rings. The van der Waals surface area contributed by atoms with Crippen LogP contribution in [-0.4, -0.2) is 55.1 Å². The van der Waals surface area contributed by atoms with E-state index in [9.17, 15) is 9.18 Å². The number of rotatable bonds is 5. The van der Waals surface area contributed by atoms with E-state index in [0.29, 0.717) is 26.2 Å². The molecule has 26 heavy (non-hydrogen) atoms. The maximum absolute atomic E-state index is 13.4. The van der Waals surface area contributed by atoms with E-state index in [4.69, 9.17) is 4.74 Å². The van der Waals surface area contributed by atoms with Crippen LogP contribution in [0, 0.1) is 5.82 Å². The maximum Gasteiger partial charge on any atom is 0.236 e. The van der Waals surface area contributed by atoms with E-state index >= 15 is 0 Å². The van der Waals surface area contributed by atoms with Gasteiger partial charge in [-0.1, -0.05) is 42.5 Å². The van der Waals surface area contributed by atoms with E-state index in [2.05, 4.69) is 0 Å². The van der Waals surface area contributed by atoms with Gasteiger partial charge >= 0.3 is 0 Å². The van der Waals surface area contributed by atoms with Crippen LogP contribution >= 0.6 is 0 Å². The summed E-state index contributed by atoms with van der Waals surface area (Å²) < 4.78 is 18.9. The molecule has 2 atom stereocenters. The van der Waals surface area contributed by atoms with Crippen LogP contribution in [0.1, 0.15) is 24.1 Å². The zero-order valence-corrected chi connectivity index (χ0v) is 15.3. The lowest BCUT2D eigenvalue weighted by molar-refractivity contribution is -0.139. The van der Waals surface area contributed by atoms with Gasteiger partial charge in [0.1, 0.15) is 5.82 Å². The van der Waals surface area contributed by atoms with Crippen LogP contribution in [0.25, 0.3) is 0 Å². The minimum atomic E-state index is -0.262. The summed E-state index contributed by atoms with van der Waals surface area (Å²) >= 11 is 0. The van der Waals surface area contributed by atoms with Crippen molar-refractivity contribution in [3.05, 3.63) is 71.5 Å². The quantitative estimate of drug-likeness (QED) is 0.825. The fourth-order valence-electron chi connectivity index (χ4n) is 3.43. The molecule has 1 aliphatic heterocycles. The number of ether oxygens (including phenoxy) is 1.